The number of nitrogens with zero attached hydrogens (tertiary/aromatic N) is 2. The van der Waals surface area contributed by atoms with Gasteiger partial charge in [0.25, 0.3) is 0 Å². The molecule has 6 nitrogen and oxygen atoms in total. The third kappa shape index (κ3) is 5.37. The van der Waals surface area contributed by atoms with E-state index < -0.39 is 0 Å². The number of phenolic OH excluding ortho intramolecular Hbond substituents is 2. The van der Waals surface area contributed by atoms with E-state index in [0.717, 1.165) is 37.3 Å². The van der Waals surface area contributed by atoms with Crippen LogP contribution in [0.1, 0.15) is 38.8 Å². The molecule has 166 valence electrons. The van der Waals surface area contributed by atoms with Crippen LogP contribution in [0.4, 0.5) is 0 Å². The van der Waals surface area contributed by atoms with Crippen LogP contribution in [0.2, 0.25) is 0 Å². The highest BCUT2D eigenvalue weighted by Crippen LogP contribution is 2.44. The molecule has 2 aromatic carbocycles. The molecule has 0 aliphatic heterocycles. The Bertz CT molecular complexity index is 761. The maximum atomic E-state index is 11.1. The summed E-state index contributed by atoms with van der Waals surface area (Å²) in [6, 6.07) is 7.23. The molecule has 2 aromatic rings. The largest absolute Gasteiger partial charge is 0.507 e. The zero-order valence-electron chi connectivity index (χ0n) is 19.2. The standard InChI is InChI=1S/C24H36N2O4/c1-7-25(8-2)15-17-11-19(29-5)13-21(23(17)27)22-14-20(30-6)12-18(24(22)28)16-26(9-3)10-4/h11-14,27-28H,7-10,15-16H2,1-6H3. The first kappa shape index (κ1) is 23.8. The maximum Gasteiger partial charge on any atom is 0.128 e. The van der Waals surface area contributed by atoms with Crippen molar-refractivity contribution < 1.29 is 19.7 Å². The lowest BCUT2D eigenvalue weighted by Gasteiger charge is -2.22. The molecule has 0 aliphatic rings. The van der Waals surface area contributed by atoms with Crippen LogP contribution >= 0.6 is 0 Å². The van der Waals surface area contributed by atoms with E-state index in [9.17, 15) is 10.2 Å². The smallest absolute Gasteiger partial charge is 0.128 e. The number of hydrogen-bond donors (Lipinski definition) is 2. The molecule has 0 bridgehead atoms. The summed E-state index contributed by atoms with van der Waals surface area (Å²) in [6.45, 7) is 13.1. The Labute approximate surface area is 180 Å². The first-order valence-electron chi connectivity index (χ1n) is 10.7. The van der Waals surface area contributed by atoms with Gasteiger partial charge in [-0.1, -0.05) is 27.7 Å². The molecule has 0 unspecified atom stereocenters. The molecule has 2 rings (SSSR count). The van der Waals surface area contributed by atoms with Crippen LogP contribution in [0, 0.1) is 0 Å². The second-order valence-corrected chi connectivity index (χ2v) is 7.29. The quantitative estimate of drug-likeness (QED) is 0.564. The Morgan fingerprint density at radius 3 is 1.23 bits per heavy atom. The van der Waals surface area contributed by atoms with E-state index in [-0.39, 0.29) is 11.5 Å². The van der Waals surface area contributed by atoms with Gasteiger partial charge in [0.1, 0.15) is 23.0 Å². The zero-order valence-corrected chi connectivity index (χ0v) is 19.2. The summed E-state index contributed by atoms with van der Waals surface area (Å²) in [5.74, 6) is 1.58. The third-order valence-electron chi connectivity index (χ3n) is 5.66. The zero-order chi connectivity index (χ0) is 22.3. The molecule has 0 aliphatic carbocycles. The lowest BCUT2D eigenvalue weighted by molar-refractivity contribution is 0.289. The van der Waals surface area contributed by atoms with Gasteiger partial charge in [-0.05, 0) is 50.4 Å². The van der Waals surface area contributed by atoms with E-state index in [2.05, 4.69) is 37.5 Å². The molecule has 6 heteroatoms. The summed E-state index contributed by atoms with van der Waals surface area (Å²) >= 11 is 0. The molecule has 0 fully saturated rings. The van der Waals surface area contributed by atoms with Crippen molar-refractivity contribution in [3.8, 4) is 34.1 Å². The molecule has 2 N–H and O–H groups in total. The van der Waals surface area contributed by atoms with Gasteiger partial charge in [0.2, 0.25) is 0 Å². The highest BCUT2D eigenvalue weighted by atomic mass is 16.5. The fourth-order valence-corrected chi connectivity index (χ4v) is 3.59. The van der Waals surface area contributed by atoms with Crippen LogP contribution in [0.25, 0.3) is 11.1 Å². The first-order chi connectivity index (χ1) is 14.4. The number of benzene rings is 2. The van der Waals surface area contributed by atoms with Crippen molar-refractivity contribution in [2.75, 3.05) is 40.4 Å². The van der Waals surface area contributed by atoms with Gasteiger partial charge >= 0.3 is 0 Å². The van der Waals surface area contributed by atoms with Gasteiger partial charge in [-0.3, -0.25) is 9.80 Å². The highest BCUT2D eigenvalue weighted by molar-refractivity contribution is 5.80. The van der Waals surface area contributed by atoms with Gasteiger partial charge in [0, 0.05) is 35.3 Å². The number of hydrogen-bond acceptors (Lipinski definition) is 6. The number of aromatic hydroxyl groups is 2. The van der Waals surface area contributed by atoms with Crippen LogP contribution < -0.4 is 9.47 Å². The average molecular weight is 417 g/mol. The van der Waals surface area contributed by atoms with Crippen LogP contribution in [0.3, 0.4) is 0 Å². The monoisotopic (exact) mass is 416 g/mol. The molecular weight excluding hydrogens is 380 g/mol. The summed E-state index contributed by atoms with van der Waals surface area (Å²) in [6.07, 6.45) is 0. The Hall–Kier alpha value is -2.44. The van der Waals surface area contributed by atoms with Gasteiger partial charge < -0.3 is 19.7 Å². The van der Waals surface area contributed by atoms with Crippen molar-refractivity contribution in [2.24, 2.45) is 0 Å². The van der Waals surface area contributed by atoms with Gasteiger partial charge in [-0.2, -0.15) is 0 Å². The minimum Gasteiger partial charge on any atom is -0.507 e. The fraction of sp³-hybridized carbons (Fsp3) is 0.500. The van der Waals surface area contributed by atoms with E-state index in [1.54, 1.807) is 26.4 Å². The van der Waals surface area contributed by atoms with Crippen LogP contribution in [0.5, 0.6) is 23.0 Å². The first-order valence-corrected chi connectivity index (χ1v) is 10.7. The van der Waals surface area contributed by atoms with Crippen LogP contribution in [-0.2, 0) is 13.1 Å². The van der Waals surface area contributed by atoms with Crippen LogP contribution in [0.15, 0.2) is 24.3 Å². The highest BCUT2D eigenvalue weighted by Gasteiger charge is 2.20. The lowest BCUT2D eigenvalue weighted by atomic mass is 9.96. The summed E-state index contributed by atoms with van der Waals surface area (Å²) in [7, 11) is 3.21. The molecule has 0 atom stereocenters. The predicted molar refractivity (Wildman–Crippen MR) is 122 cm³/mol. The summed E-state index contributed by atoms with van der Waals surface area (Å²) in [5, 5.41) is 22.2. The van der Waals surface area contributed by atoms with Gasteiger partial charge in [-0.15, -0.1) is 0 Å². The van der Waals surface area contributed by atoms with Crippen molar-refractivity contribution >= 4 is 0 Å². The maximum absolute atomic E-state index is 11.1. The normalized spacial score (nSPS) is 11.3. The molecule has 0 saturated carbocycles. The second kappa shape index (κ2) is 11.1. The molecule has 0 aromatic heterocycles. The van der Waals surface area contributed by atoms with E-state index in [0.29, 0.717) is 35.7 Å². The predicted octanol–water partition coefficient (Wildman–Crippen LogP) is 4.47. The van der Waals surface area contributed by atoms with Crippen molar-refractivity contribution in [2.45, 2.75) is 40.8 Å². The van der Waals surface area contributed by atoms with E-state index >= 15 is 0 Å². The topological polar surface area (TPSA) is 65.4 Å². The number of methoxy groups -OCH3 is 2. The minimum absolute atomic E-state index is 0.153. The Morgan fingerprint density at radius 2 is 0.967 bits per heavy atom. The number of rotatable bonds is 11. The Kier molecular flexibility index (Phi) is 8.81. The molecule has 30 heavy (non-hydrogen) atoms. The summed E-state index contributed by atoms with van der Waals surface area (Å²) in [4.78, 5) is 4.44. The van der Waals surface area contributed by atoms with Crippen molar-refractivity contribution in [1.82, 2.24) is 9.80 Å². The molecular formula is C24H36N2O4. The average Bonchev–Trinajstić information content (AvgIpc) is 2.77. The van der Waals surface area contributed by atoms with E-state index in [4.69, 9.17) is 9.47 Å². The summed E-state index contributed by atoms with van der Waals surface area (Å²) in [5.41, 5.74) is 2.60. The van der Waals surface area contributed by atoms with Gasteiger partial charge in [0.05, 0.1) is 14.2 Å². The SMILES string of the molecule is CCN(CC)Cc1cc(OC)cc(-c2cc(OC)cc(CN(CC)CC)c2O)c1O. The van der Waals surface area contributed by atoms with Gasteiger partial charge in [0.15, 0.2) is 0 Å². The van der Waals surface area contributed by atoms with E-state index in [1.807, 2.05) is 12.1 Å². The molecule has 0 heterocycles. The van der Waals surface area contributed by atoms with Gasteiger partial charge in [-0.25, -0.2) is 0 Å². The molecule has 0 saturated heterocycles. The fourth-order valence-electron chi connectivity index (χ4n) is 3.59. The van der Waals surface area contributed by atoms with E-state index in [1.165, 1.54) is 0 Å². The van der Waals surface area contributed by atoms with Crippen molar-refractivity contribution in [3.05, 3.63) is 35.4 Å². The number of phenols is 2. The number of ether oxygens (including phenoxy) is 2. The second-order valence-electron chi connectivity index (χ2n) is 7.29. The minimum atomic E-state index is 0.153. The van der Waals surface area contributed by atoms with Crippen molar-refractivity contribution in [1.29, 1.82) is 0 Å². The van der Waals surface area contributed by atoms with Crippen molar-refractivity contribution in [3.63, 3.8) is 0 Å². The molecule has 0 amide bonds. The Balaban J connectivity index is 2.64. The third-order valence-corrected chi connectivity index (χ3v) is 5.66. The Morgan fingerprint density at radius 1 is 0.633 bits per heavy atom. The lowest BCUT2D eigenvalue weighted by Crippen LogP contribution is -2.22. The van der Waals surface area contributed by atoms with Crippen LogP contribution in [-0.4, -0.2) is 60.4 Å². The summed E-state index contributed by atoms with van der Waals surface area (Å²) < 4.78 is 11.0. The molecule has 0 radical (unpaired) electrons. The molecule has 0 spiro atoms.